The number of nitrogens with zero attached hydrogens (tertiary/aromatic N) is 1. The van der Waals surface area contributed by atoms with Gasteiger partial charge < -0.3 is 5.32 Å². The summed E-state index contributed by atoms with van der Waals surface area (Å²) in [6, 6.07) is 13.1. The summed E-state index contributed by atoms with van der Waals surface area (Å²) in [5.41, 5.74) is 1.29. The number of aryl methyl sites for hydroxylation is 1. The molecule has 2 heterocycles. The van der Waals surface area contributed by atoms with Crippen LogP contribution in [0.1, 0.15) is 21.4 Å². The van der Waals surface area contributed by atoms with Crippen molar-refractivity contribution in [3.63, 3.8) is 0 Å². The number of nitrogens with one attached hydrogen (secondary N) is 1. The first-order chi connectivity index (χ1) is 9.29. The molecule has 0 saturated heterocycles. The lowest BCUT2D eigenvalue weighted by Gasteiger charge is -2.17. The molecule has 0 bridgehead atoms. The van der Waals surface area contributed by atoms with E-state index in [1.807, 2.05) is 30.8 Å². The van der Waals surface area contributed by atoms with E-state index in [1.54, 1.807) is 0 Å². The molecule has 3 aromatic rings. The topological polar surface area (TPSA) is 24.9 Å². The van der Waals surface area contributed by atoms with Gasteiger partial charge in [0.1, 0.15) is 0 Å². The molecule has 3 rings (SSSR count). The summed E-state index contributed by atoms with van der Waals surface area (Å²) in [4.78, 5) is 6.95. The van der Waals surface area contributed by atoms with Crippen LogP contribution in [0.15, 0.2) is 48.8 Å². The van der Waals surface area contributed by atoms with Crippen LogP contribution in [0.4, 0.5) is 0 Å². The Kier molecular flexibility index (Phi) is 3.32. The summed E-state index contributed by atoms with van der Waals surface area (Å²) in [7, 11) is 2.01. The van der Waals surface area contributed by atoms with E-state index in [1.165, 1.54) is 26.1 Å². The molecule has 0 radical (unpaired) electrons. The Morgan fingerprint density at radius 3 is 2.79 bits per heavy atom. The predicted molar refractivity (Wildman–Crippen MR) is 81.7 cm³/mol. The highest BCUT2D eigenvalue weighted by molar-refractivity contribution is 7.12. The molecule has 0 aliphatic rings. The first-order valence-electron chi connectivity index (χ1n) is 6.36. The molecule has 1 N–H and O–H groups in total. The second-order valence-electron chi connectivity index (χ2n) is 4.61. The van der Waals surface area contributed by atoms with Crippen LogP contribution in [0, 0.1) is 6.92 Å². The van der Waals surface area contributed by atoms with E-state index in [4.69, 9.17) is 0 Å². The van der Waals surface area contributed by atoms with Gasteiger partial charge in [-0.15, -0.1) is 11.3 Å². The molecule has 1 atom stereocenters. The average molecular weight is 268 g/mol. The van der Waals surface area contributed by atoms with Gasteiger partial charge in [0.05, 0.1) is 6.04 Å². The minimum Gasteiger partial charge on any atom is -0.309 e. The molecule has 0 spiro atoms. The van der Waals surface area contributed by atoms with E-state index in [0.717, 1.165) is 0 Å². The number of benzene rings is 1. The third kappa shape index (κ3) is 2.27. The number of pyridine rings is 1. The van der Waals surface area contributed by atoms with E-state index >= 15 is 0 Å². The molecule has 2 aromatic heterocycles. The minimum absolute atomic E-state index is 0.228. The van der Waals surface area contributed by atoms with Gasteiger partial charge in [-0.05, 0) is 43.1 Å². The van der Waals surface area contributed by atoms with E-state index in [-0.39, 0.29) is 6.04 Å². The highest BCUT2D eigenvalue weighted by Crippen LogP contribution is 2.31. The Morgan fingerprint density at radius 1 is 1.16 bits per heavy atom. The van der Waals surface area contributed by atoms with Crippen LogP contribution < -0.4 is 5.32 Å². The molecule has 0 aliphatic heterocycles. The van der Waals surface area contributed by atoms with Gasteiger partial charge in [-0.25, -0.2) is 0 Å². The van der Waals surface area contributed by atoms with Crippen molar-refractivity contribution in [1.82, 2.24) is 10.3 Å². The zero-order valence-electron chi connectivity index (χ0n) is 11.1. The first-order valence-corrected chi connectivity index (χ1v) is 7.17. The second kappa shape index (κ2) is 5.11. The lowest BCUT2D eigenvalue weighted by Crippen LogP contribution is -2.16. The Hall–Kier alpha value is -1.71. The fourth-order valence-corrected chi connectivity index (χ4v) is 3.45. The maximum atomic E-state index is 4.26. The van der Waals surface area contributed by atoms with Gasteiger partial charge in [0.25, 0.3) is 0 Å². The number of fused-ring (bicyclic) bond motifs is 1. The van der Waals surface area contributed by atoms with Gasteiger partial charge in [-0.3, -0.25) is 4.98 Å². The summed E-state index contributed by atoms with van der Waals surface area (Å²) in [6.45, 7) is 2.14. The van der Waals surface area contributed by atoms with Crippen molar-refractivity contribution in [2.45, 2.75) is 13.0 Å². The van der Waals surface area contributed by atoms with E-state index in [9.17, 15) is 0 Å². The third-order valence-corrected chi connectivity index (χ3v) is 4.43. The van der Waals surface area contributed by atoms with E-state index in [0.29, 0.717) is 0 Å². The average Bonchev–Trinajstić information content (AvgIpc) is 2.86. The first kappa shape index (κ1) is 12.3. The van der Waals surface area contributed by atoms with Gasteiger partial charge in [-0.2, -0.15) is 0 Å². The minimum atomic E-state index is 0.228. The molecule has 19 heavy (non-hydrogen) atoms. The Labute approximate surface area is 117 Å². The number of thiophene rings is 1. The molecule has 0 aliphatic carbocycles. The summed E-state index contributed by atoms with van der Waals surface area (Å²) in [5.74, 6) is 0. The standard InChI is InChI=1S/C16H16N2S/c1-11-6-7-15(19-11)16(17-2)13-5-3-4-12-8-9-18-10-14(12)13/h3-10,16-17H,1-2H3. The fourth-order valence-electron chi connectivity index (χ4n) is 2.45. The lowest BCUT2D eigenvalue weighted by atomic mass is 9.99. The van der Waals surface area contributed by atoms with Gasteiger partial charge in [0.15, 0.2) is 0 Å². The molecule has 3 heteroatoms. The molecule has 96 valence electrons. The van der Waals surface area contributed by atoms with Gasteiger partial charge >= 0.3 is 0 Å². The third-order valence-electron chi connectivity index (χ3n) is 3.36. The van der Waals surface area contributed by atoms with Crippen molar-refractivity contribution in [2.24, 2.45) is 0 Å². The number of hydrogen-bond acceptors (Lipinski definition) is 3. The summed E-state index contributed by atoms with van der Waals surface area (Å²) < 4.78 is 0. The Balaban J connectivity index is 2.16. The Bertz CT molecular complexity index is 697. The normalized spacial score (nSPS) is 12.7. The summed E-state index contributed by atoms with van der Waals surface area (Å²) >= 11 is 1.84. The van der Waals surface area contributed by atoms with Crippen molar-refractivity contribution in [2.75, 3.05) is 7.05 Å². The maximum absolute atomic E-state index is 4.26. The van der Waals surface area contributed by atoms with Gasteiger partial charge in [0, 0.05) is 27.5 Å². The predicted octanol–water partition coefficient (Wildman–Crippen LogP) is 3.91. The van der Waals surface area contributed by atoms with Crippen LogP contribution in [0.5, 0.6) is 0 Å². The fraction of sp³-hybridized carbons (Fsp3) is 0.188. The molecular formula is C16H16N2S. The van der Waals surface area contributed by atoms with E-state index in [2.05, 4.69) is 53.6 Å². The maximum Gasteiger partial charge on any atom is 0.0675 e. The molecule has 0 saturated carbocycles. The van der Waals surface area contributed by atoms with Crippen molar-refractivity contribution in [3.8, 4) is 0 Å². The van der Waals surface area contributed by atoms with Crippen molar-refractivity contribution in [3.05, 3.63) is 64.1 Å². The van der Waals surface area contributed by atoms with Crippen LogP contribution in [-0.2, 0) is 0 Å². The smallest absolute Gasteiger partial charge is 0.0675 e. The molecule has 0 amide bonds. The monoisotopic (exact) mass is 268 g/mol. The second-order valence-corrected chi connectivity index (χ2v) is 5.93. The Morgan fingerprint density at radius 2 is 2.05 bits per heavy atom. The SMILES string of the molecule is CNC(c1ccc(C)s1)c1cccc2ccncc12. The zero-order valence-corrected chi connectivity index (χ0v) is 11.9. The quantitative estimate of drug-likeness (QED) is 0.779. The number of aromatic nitrogens is 1. The largest absolute Gasteiger partial charge is 0.309 e. The van der Waals surface area contributed by atoms with Crippen LogP contribution in [-0.4, -0.2) is 12.0 Å². The molecule has 0 fully saturated rings. The van der Waals surface area contributed by atoms with Crippen LogP contribution >= 0.6 is 11.3 Å². The molecule has 2 nitrogen and oxygen atoms in total. The van der Waals surface area contributed by atoms with Gasteiger partial charge in [0.2, 0.25) is 0 Å². The zero-order chi connectivity index (χ0) is 13.2. The van der Waals surface area contributed by atoms with E-state index < -0.39 is 0 Å². The van der Waals surface area contributed by atoms with Gasteiger partial charge in [-0.1, -0.05) is 18.2 Å². The number of hydrogen-bond donors (Lipinski definition) is 1. The highest BCUT2D eigenvalue weighted by atomic mass is 32.1. The summed E-state index contributed by atoms with van der Waals surface area (Å²) in [6.07, 6.45) is 3.80. The lowest BCUT2D eigenvalue weighted by molar-refractivity contribution is 0.709. The van der Waals surface area contributed by atoms with Crippen LogP contribution in [0.25, 0.3) is 10.8 Å². The van der Waals surface area contributed by atoms with Crippen LogP contribution in [0.2, 0.25) is 0 Å². The molecular weight excluding hydrogens is 252 g/mol. The summed E-state index contributed by atoms with van der Waals surface area (Å²) in [5, 5.41) is 5.88. The van der Waals surface area contributed by atoms with Crippen molar-refractivity contribution < 1.29 is 0 Å². The molecule has 1 unspecified atom stereocenters. The van der Waals surface area contributed by atoms with Crippen molar-refractivity contribution in [1.29, 1.82) is 0 Å². The molecule has 1 aromatic carbocycles. The number of rotatable bonds is 3. The highest BCUT2D eigenvalue weighted by Gasteiger charge is 2.16. The van der Waals surface area contributed by atoms with Crippen LogP contribution in [0.3, 0.4) is 0 Å². The van der Waals surface area contributed by atoms with Crippen molar-refractivity contribution >= 4 is 22.1 Å².